The minimum absolute atomic E-state index is 0.113. The molecule has 0 aromatic rings. The summed E-state index contributed by atoms with van der Waals surface area (Å²) in [6.45, 7) is 4.59. The highest BCUT2D eigenvalue weighted by atomic mass is 16.7. The molecule has 6 heteroatoms. The van der Waals surface area contributed by atoms with Gasteiger partial charge in [0.05, 0.1) is 5.92 Å². The summed E-state index contributed by atoms with van der Waals surface area (Å²) in [5.41, 5.74) is 5.50. The van der Waals surface area contributed by atoms with Gasteiger partial charge in [-0.3, -0.25) is 14.4 Å². The second-order valence-electron chi connectivity index (χ2n) is 8.97. The Morgan fingerprint density at radius 1 is 0.812 bits per heavy atom. The summed E-state index contributed by atoms with van der Waals surface area (Å²) in [5.74, 6) is 4.31. The normalized spacial score (nSPS) is 13.2. The maximum atomic E-state index is 12.8. The van der Waals surface area contributed by atoms with Gasteiger partial charge in [0, 0.05) is 25.2 Å². The molecule has 186 valence electrons. The Morgan fingerprint density at radius 2 is 1.50 bits per heavy atom. The van der Waals surface area contributed by atoms with E-state index in [1.165, 1.54) is 19.3 Å². The van der Waals surface area contributed by atoms with E-state index in [-0.39, 0.29) is 17.5 Å². The van der Waals surface area contributed by atoms with E-state index >= 15 is 0 Å². The van der Waals surface area contributed by atoms with E-state index in [9.17, 15) is 14.4 Å². The first-order valence-electron chi connectivity index (χ1n) is 12.8. The Kier molecular flexibility index (Phi) is 20.3. The third-order valence-electron chi connectivity index (χ3n) is 6.04. The molecule has 0 amide bonds. The molecule has 0 aliphatic carbocycles. The second kappa shape index (κ2) is 21.3. The molecule has 0 spiro atoms. The number of rotatable bonds is 22. The van der Waals surface area contributed by atoms with Crippen LogP contribution in [0.25, 0.3) is 0 Å². The number of hydrogen-bond donors (Lipinski definition) is 2. The third-order valence-corrected chi connectivity index (χ3v) is 6.04. The molecule has 6 nitrogen and oxygen atoms in total. The van der Waals surface area contributed by atoms with E-state index in [4.69, 9.17) is 11.6 Å². The van der Waals surface area contributed by atoms with Crippen LogP contribution in [0.4, 0.5) is 0 Å². The summed E-state index contributed by atoms with van der Waals surface area (Å²) in [6.07, 6.45) is 18.5. The number of nitrogens with two attached hydrogens (primary N) is 2. The summed E-state index contributed by atoms with van der Waals surface area (Å²) < 4.78 is 0. The lowest BCUT2D eigenvalue weighted by Gasteiger charge is -2.16. The first-order valence-corrected chi connectivity index (χ1v) is 12.8. The molecule has 2 unspecified atom stereocenters. The van der Waals surface area contributed by atoms with Crippen LogP contribution in [0.15, 0.2) is 12.2 Å². The smallest absolute Gasteiger partial charge is 0.327 e. The number of ketones is 2. The quantitative estimate of drug-likeness (QED) is 0.126. The largest absolute Gasteiger partial charge is 0.373 e. The molecule has 0 radical (unpaired) electrons. The number of hydrogen-bond acceptors (Lipinski definition) is 6. The van der Waals surface area contributed by atoms with Crippen LogP contribution in [0.1, 0.15) is 117 Å². The van der Waals surface area contributed by atoms with Gasteiger partial charge in [0.2, 0.25) is 0 Å². The number of carbonyl (C=O) groups excluding carboxylic acids is 3. The molecule has 4 N–H and O–H groups in total. The Morgan fingerprint density at radius 3 is 2.12 bits per heavy atom. The predicted octanol–water partition coefficient (Wildman–Crippen LogP) is 5.57. The fourth-order valence-electron chi connectivity index (χ4n) is 3.77. The molecule has 32 heavy (non-hydrogen) atoms. The van der Waals surface area contributed by atoms with E-state index in [0.29, 0.717) is 38.6 Å². The maximum absolute atomic E-state index is 12.8. The lowest BCUT2D eigenvalue weighted by molar-refractivity contribution is -0.148. The van der Waals surface area contributed by atoms with Crippen molar-refractivity contribution in [2.45, 2.75) is 117 Å². The van der Waals surface area contributed by atoms with Crippen molar-refractivity contribution in [2.75, 3.05) is 6.54 Å². The molecule has 0 heterocycles. The molecule has 0 aromatic heterocycles. The summed E-state index contributed by atoms with van der Waals surface area (Å²) in [4.78, 5) is 40.8. The van der Waals surface area contributed by atoms with E-state index in [2.05, 4.69) is 23.9 Å². The van der Waals surface area contributed by atoms with E-state index in [0.717, 1.165) is 51.4 Å². The highest BCUT2D eigenvalue weighted by molar-refractivity contribution is 5.83. The zero-order valence-corrected chi connectivity index (χ0v) is 20.6. The molecule has 0 saturated carbocycles. The topological polar surface area (TPSA) is 112 Å². The standard InChI is InChI=1S/C26H48N2O4/c1-3-4-5-6-7-8-9-10-12-15-23(18-19-24(29)16-13-11-14-21-27)25(30)20-17-22(2)26(31)32-28/h7-8,22-23H,3-6,9-21,27-28H2,1-2H3. The van der Waals surface area contributed by atoms with Gasteiger partial charge in [-0.05, 0) is 64.3 Å². The van der Waals surface area contributed by atoms with Gasteiger partial charge >= 0.3 is 5.97 Å². The second-order valence-corrected chi connectivity index (χ2v) is 8.97. The van der Waals surface area contributed by atoms with Crippen molar-refractivity contribution >= 4 is 17.5 Å². The van der Waals surface area contributed by atoms with Crippen molar-refractivity contribution in [3.8, 4) is 0 Å². The Bertz CT molecular complexity index is 534. The lowest BCUT2D eigenvalue weighted by Crippen LogP contribution is -2.21. The monoisotopic (exact) mass is 452 g/mol. The van der Waals surface area contributed by atoms with Gasteiger partial charge in [0.15, 0.2) is 0 Å². The Hall–Kier alpha value is -1.53. The van der Waals surface area contributed by atoms with Crippen LogP contribution < -0.4 is 11.6 Å². The van der Waals surface area contributed by atoms with Gasteiger partial charge in [-0.2, -0.15) is 5.90 Å². The molecule has 0 aliphatic rings. The molecule has 0 aliphatic heterocycles. The van der Waals surface area contributed by atoms with Crippen LogP contribution in [0.2, 0.25) is 0 Å². The van der Waals surface area contributed by atoms with Gasteiger partial charge in [0.25, 0.3) is 0 Å². The van der Waals surface area contributed by atoms with E-state index in [1.54, 1.807) is 6.92 Å². The lowest BCUT2D eigenvalue weighted by atomic mass is 9.87. The first kappa shape index (κ1) is 30.5. The summed E-state index contributed by atoms with van der Waals surface area (Å²) >= 11 is 0. The maximum Gasteiger partial charge on any atom is 0.327 e. The highest BCUT2D eigenvalue weighted by Gasteiger charge is 2.22. The molecule has 0 aromatic carbocycles. The van der Waals surface area contributed by atoms with Crippen LogP contribution in [-0.4, -0.2) is 24.1 Å². The average Bonchev–Trinajstić information content (AvgIpc) is 2.80. The van der Waals surface area contributed by atoms with Crippen molar-refractivity contribution in [1.29, 1.82) is 0 Å². The van der Waals surface area contributed by atoms with Crippen molar-refractivity contribution in [1.82, 2.24) is 0 Å². The van der Waals surface area contributed by atoms with Crippen LogP contribution in [0, 0.1) is 11.8 Å². The number of unbranched alkanes of at least 4 members (excludes halogenated alkanes) is 7. The SMILES string of the molecule is CCCCCC=CCCCCC(CCC(=O)CCCCCN)C(=O)CCC(C)C(=O)ON. The molecular formula is C26H48N2O4. The number of allylic oxidation sites excluding steroid dienone is 2. The minimum Gasteiger partial charge on any atom is -0.373 e. The van der Waals surface area contributed by atoms with Crippen LogP contribution in [0.5, 0.6) is 0 Å². The van der Waals surface area contributed by atoms with Crippen molar-refractivity contribution in [2.24, 2.45) is 23.5 Å². The van der Waals surface area contributed by atoms with Crippen molar-refractivity contribution < 1.29 is 19.2 Å². The Balaban J connectivity index is 4.46. The number of Topliss-reactive ketones (excluding diaryl/α,β-unsaturated/α-hetero) is 2. The van der Waals surface area contributed by atoms with E-state index < -0.39 is 11.9 Å². The average molecular weight is 453 g/mol. The van der Waals surface area contributed by atoms with Gasteiger partial charge in [-0.1, -0.05) is 51.7 Å². The van der Waals surface area contributed by atoms with Crippen LogP contribution in [-0.2, 0) is 19.2 Å². The van der Waals surface area contributed by atoms with Gasteiger partial charge in [-0.25, -0.2) is 0 Å². The Labute approximate surface area is 195 Å². The van der Waals surface area contributed by atoms with Gasteiger partial charge in [0.1, 0.15) is 11.6 Å². The van der Waals surface area contributed by atoms with E-state index in [1.807, 2.05) is 0 Å². The van der Waals surface area contributed by atoms with Crippen molar-refractivity contribution in [3.63, 3.8) is 0 Å². The summed E-state index contributed by atoms with van der Waals surface area (Å²) in [5, 5.41) is 0. The predicted molar refractivity (Wildman–Crippen MR) is 131 cm³/mol. The van der Waals surface area contributed by atoms with Gasteiger partial charge < -0.3 is 10.6 Å². The molecule has 0 fully saturated rings. The fourth-order valence-corrected chi connectivity index (χ4v) is 3.77. The zero-order chi connectivity index (χ0) is 24.0. The molecular weight excluding hydrogens is 404 g/mol. The van der Waals surface area contributed by atoms with Crippen molar-refractivity contribution in [3.05, 3.63) is 12.2 Å². The first-order chi connectivity index (χ1) is 15.5. The fraction of sp³-hybridized carbons (Fsp3) is 0.808. The molecule has 0 bridgehead atoms. The highest BCUT2D eigenvalue weighted by Crippen LogP contribution is 2.22. The van der Waals surface area contributed by atoms with Crippen LogP contribution in [0.3, 0.4) is 0 Å². The molecule has 0 rings (SSSR count). The molecule has 2 atom stereocenters. The van der Waals surface area contributed by atoms with Gasteiger partial charge in [-0.15, -0.1) is 0 Å². The minimum atomic E-state index is -0.493. The summed E-state index contributed by atoms with van der Waals surface area (Å²) in [6, 6.07) is 0. The van der Waals surface area contributed by atoms with Crippen LogP contribution >= 0.6 is 0 Å². The number of carbonyl (C=O) groups is 3. The summed E-state index contributed by atoms with van der Waals surface area (Å²) in [7, 11) is 0. The zero-order valence-electron chi connectivity index (χ0n) is 20.6. The molecule has 0 saturated heterocycles. The third kappa shape index (κ3) is 17.1.